The van der Waals surface area contributed by atoms with Crippen LogP contribution in [0.2, 0.25) is 0 Å². The van der Waals surface area contributed by atoms with E-state index >= 15 is 0 Å². The molecule has 23 nitrogen and oxygen atoms in total. The second-order valence-electron chi connectivity index (χ2n) is 21.8. The lowest BCUT2D eigenvalue weighted by molar-refractivity contribution is -0.388. The van der Waals surface area contributed by atoms with Gasteiger partial charge in [-0.2, -0.15) is 0 Å². The average Bonchev–Trinajstić information content (AvgIpc) is 1.35. The quantitative estimate of drug-likeness (QED) is 0.0284. The SMILES string of the molecule is COC(=O)CCCCCCCCO[C@@H]1O[C@H](COC(=O)c2ccccc2)[C@@H](O[C@H]2O[C@H](COC(C)=O)[C@H](OC(C)=O)[C@H](OC(C)=O)[C@H]2O[C@@H]2O[C@@H](C)[C@@H](OCc3ccccc3)[C@@H](OCc3ccccc3)[C@@H]2OCc2ccccc2)[C@H](OC(C)=O)[C@H]1NC(C)=O. The average molecular weight is 1240 g/mol. The van der Waals surface area contributed by atoms with Crippen molar-refractivity contribution in [2.24, 2.45) is 0 Å². The van der Waals surface area contributed by atoms with E-state index in [1.165, 1.54) is 14.0 Å². The summed E-state index contributed by atoms with van der Waals surface area (Å²) in [4.78, 5) is 91.5. The van der Waals surface area contributed by atoms with Crippen molar-refractivity contribution in [3.8, 4) is 0 Å². The van der Waals surface area contributed by atoms with Gasteiger partial charge in [0.2, 0.25) is 5.91 Å². The van der Waals surface area contributed by atoms with Crippen LogP contribution in [-0.4, -0.2) is 161 Å². The zero-order valence-electron chi connectivity index (χ0n) is 51.4. The minimum Gasteiger partial charge on any atom is -0.469 e. The normalized spacial score (nSPS) is 26.6. The second kappa shape index (κ2) is 35.9. The van der Waals surface area contributed by atoms with Crippen molar-refractivity contribution >= 4 is 41.7 Å². The van der Waals surface area contributed by atoms with Crippen LogP contribution < -0.4 is 5.32 Å². The first-order valence-electron chi connectivity index (χ1n) is 30.0. The molecule has 4 aromatic rings. The van der Waals surface area contributed by atoms with Gasteiger partial charge in [0.15, 0.2) is 43.3 Å². The number of carbonyl (C=O) groups excluding carboxylic acids is 7. The third kappa shape index (κ3) is 21.8. The molecule has 0 aromatic heterocycles. The highest BCUT2D eigenvalue weighted by Gasteiger charge is 2.59. The van der Waals surface area contributed by atoms with Crippen LogP contribution in [0.1, 0.15) is 114 Å². The van der Waals surface area contributed by atoms with Gasteiger partial charge in [-0.15, -0.1) is 0 Å². The number of ether oxygens (including phenoxy) is 15. The number of methoxy groups -OCH3 is 1. The summed E-state index contributed by atoms with van der Waals surface area (Å²) in [5, 5.41) is 2.82. The van der Waals surface area contributed by atoms with E-state index in [9.17, 15) is 33.6 Å². The molecule has 0 bridgehead atoms. The number of benzene rings is 4. The van der Waals surface area contributed by atoms with Crippen molar-refractivity contribution in [2.75, 3.05) is 26.9 Å². The molecule has 3 saturated heterocycles. The molecular weight excluding hydrogens is 1160 g/mol. The van der Waals surface area contributed by atoms with Gasteiger partial charge in [-0.3, -0.25) is 28.8 Å². The third-order valence-corrected chi connectivity index (χ3v) is 14.8. The van der Waals surface area contributed by atoms with Gasteiger partial charge >= 0.3 is 35.8 Å². The van der Waals surface area contributed by atoms with E-state index in [1.807, 2.05) is 91.0 Å². The molecule has 0 aliphatic carbocycles. The Morgan fingerprint density at radius 2 is 0.899 bits per heavy atom. The molecule has 484 valence electrons. The highest BCUT2D eigenvalue weighted by atomic mass is 16.8. The molecule has 15 atom stereocenters. The smallest absolute Gasteiger partial charge is 0.338 e. The summed E-state index contributed by atoms with van der Waals surface area (Å²) in [6.07, 6.45) is -14.9. The van der Waals surface area contributed by atoms with Crippen molar-refractivity contribution in [3.63, 3.8) is 0 Å². The van der Waals surface area contributed by atoms with Gasteiger partial charge in [-0.1, -0.05) is 135 Å². The molecule has 3 fully saturated rings. The monoisotopic (exact) mass is 1240 g/mol. The van der Waals surface area contributed by atoms with Gasteiger partial charge in [0.1, 0.15) is 55.9 Å². The van der Waals surface area contributed by atoms with Crippen LogP contribution in [0, 0.1) is 0 Å². The molecule has 0 unspecified atom stereocenters. The number of hydrogen-bond acceptors (Lipinski definition) is 22. The van der Waals surface area contributed by atoms with Crippen LogP contribution in [0.3, 0.4) is 0 Å². The summed E-state index contributed by atoms with van der Waals surface area (Å²) in [5.74, 6) is -4.93. The predicted molar refractivity (Wildman–Crippen MR) is 314 cm³/mol. The molecule has 0 spiro atoms. The Kier molecular flexibility index (Phi) is 27.9. The highest BCUT2D eigenvalue weighted by Crippen LogP contribution is 2.39. The van der Waals surface area contributed by atoms with E-state index in [2.05, 4.69) is 5.32 Å². The summed E-state index contributed by atoms with van der Waals surface area (Å²) >= 11 is 0. The highest BCUT2D eigenvalue weighted by molar-refractivity contribution is 5.89. The maximum Gasteiger partial charge on any atom is 0.338 e. The fraction of sp³-hybridized carbons (Fsp3) is 0.530. The van der Waals surface area contributed by atoms with Crippen molar-refractivity contribution in [3.05, 3.63) is 144 Å². The van der Waals surface area contributed by atoms with Gasteiger partial charge < -0.3 is 76.4 Å². The molecule has 4 aromatic carbocycles. The van der Waals surface area contributed by atoms with E-state index in [-0.39, 0.29) is 38.0 Å². The van der Waals surface area contributed by atoms with Crippen LogP contribution >= 0.6 is 0 Å². The lowest BCUT2D eigenvalue weighted by Crippen LogP contribution is -2.70. The number of esters is 6. The number of rotatable bonds is 32. The van der Waals surface area contributed by atoms with Gasteiger partial charge in [0.25, 0.3) is 0 Å². The molecule has 0 radical (unpaired) electrons. The first kappa shape index (κ1) is 69.3. The number of amides is 1. The molecule has 3 heterocycles. The summed E-state index contributed by atoms with van der Waals surface area (Å²) in [6, 6.07) is 35.1. The first-order valence-corrected chi connectivity index (χ1v) is 30.0. The Labute approximate surface area is 518 Å². The molecule has 7 rings (SSSR count). The Morgan fingerprint density at radius 1 is 0.438 bits per heavy atom. The fourth-order valence-corrected chi connectivity index (χ4v) is 10.7. The van der Waals surface area contributed by atoms with Crippen LogP contribution in [0.25, 0.3) is 0 Å². The minimum atomic E-state index is -1.86. The van der Waals surface area contributed by atoms with Crippen molar-refractivity contribution in [2.45, 2.75) is 198 Å². The number of hydrogen-bond donors (Lipinski definition) is 1. The molecule has 3 aliphatic rings. The summed E-state index contributed by atoms with van der Waals surface area (Å²) in [7, 11) is 1.35. The second-order valence-corrected chi connectivity index (χ2v) is 21.8. The Balaban J connectivity index is 1.31. The van der Waals surface area contributed by atoms with Crippen molar-refractivity contribution in [1.82, 2.24) is 5.32 Å². The lowest BCUT2D eigenvalue weighted by atomic mass is 9.94. The van der Waals surface area contributed by atoms with E-state index in [4.69, 9.17) is 71.1 Å². The van der Waals surface area contributed by atoms with Crippen LogP contribution in [-0.2, 0) is 120 Å². The van der Waals surface area contributed by atoms with Gasteiger partial charge in [-0.25, -0.2) is 4.79 Å². The van der Waals surface area contributed by atoms with Crippen LogP contribution in [0.5, 0.6) is 0 Å². The summed E-state index contributed by atoms with van der Waals surface area (Å²) in [6.45, 7) is 6.69. The molecule has 0 saturated carbocycles. The maximum atomic E-state index is 13.8. The Bertz CT molecular complexity index is 2830. The largest absolute Gasteiger partial charge is 0.469 e. The number of carbonyl (C=O) groups is 7. The zero-order chi connectivity index (χ0) is 63.7. The van der Waals surface area contributed by atoms with Gasteiger partial charge in [0.05, 0.1) is 38.6 Å². The van der Waals surface area contributed by atoms with Crippen LogP contribution in [0.4, 0.5) is 0 Å². The zero-order valence-corrected chi connectivity index (χ0v) is 51.4. The Hall–Kier alpha value is -7.19. The molecule has 1 N–H and O–H groups in total. The van der Waals surface area contributed by atoms with Crippen LogP contribution in [0.15, 0.2) is 121 Å². The Morgan fingerprint density at radius 3 is 1.45 bits per heavy atom. The summed E-state index contributed by atoms with van der Waals surface area (Å²) < 4.78 is 95.6. The molecule has 23 heteroatoms. The van der Waals surface area contributed by atoms with E-state index in [0.29, 0.717) is 19.3 Å². The predicted octanol–water partition coefficient (Wildman–Crippen LogP) is 7.35. The topological polar surface area (TPSA) is 270 Å². The third-order valence-electron chi connectivity index (χ3n) is 14.8. The van der Waals surface area contributed by atoms with E-state index in [1.54, 1.807) is 37.3 Å². The van der Waals surface area contributed by atoms with Crippen molar-refractivity contribution < 1.29 is 105 Å². The molecule has 3 aliphatic heterocycles. The molecular formula is C66H83NO22. The van der Waals surface area contributed by atoms with E-state index in [0.717, 1.165) is 70.1 Å². The lowest BCUT2D eigenvalue weighted by Gasteiger charge is -2.51. The minimum absolute atomic E-state index is 0.00612. The molecule has 89 heavy (non-hydrogen) atoms. The maximum absolute atomic E-state index is 13.8. The van der Waals surface area contributed by atoms with Crippen molar-refractivity contribution in [1.29, 1.82) is 0 Å². The number of unbranched alkanes of at least 4 members (excludes halogenated alkanes) is 5. The van der Waals surface area contributed by atoms with E-state index < -0.39 is 141 Å². The fourth-order valence-electron chi connectivity index (χ4n) is 10.7. The first-order chi connectivity index (χ1) is 43.0. The molecule has 1 amide bonds. The summed E-state index contributed by atoms with van der Waals surface area (Å²) in [5.41, 5.74) is 2.65. The standard InChI is InChI=1S/C66H83NO22/c1-41-55(78-36-47-26-16-12-17-27-47)59(79-37-48-28-18-13-19-29-48)61(80-38-49-30-20-14-21-31-49)65(82-41)89-62-60(85-46(6)72)57(83-44(4)70)51(39-77-43(3)69)87-66(62)88-56-52(40-81-63(74)50-32-22-15-23-33-50)86-64(54(67-42(2)68)58(56)84-45(5)71)76-35-25-11-9-8-10-24-34-53(73)75-7/h12-23,26-33,41,51-52,54-62,64-66H,8-11,24-25,34-40H2,1-7H3,(H,67,68)/t41-,51+,52+,54+,55+,56+,57-,58+,59+,60-,61-,62+,64+,65-,66+/m0/s1. The van der Waals surface area contributed by atoms with Gasteiger partial charge in [-0.05, 0) is 48.6 Å². The van der Waals surface area contributed by atoms with Gasteiger partial charge in [0, 0.05) is 47.6 Å². The number of nitrogens with one attached hydrogen (secondary N) is 1.